The predicted molar refractivity (Wildman–Crippen MR) is 143 cm³/mol. The van der Waals surface area contributed by atoms with Crippen LogP contribution in [0.25, 0.3) is 0 Å². The highest BCUT2D eigenvalue weighted by atomic mass is 35.5. The van der Waals surface area contributed by atoms with Crippen molar-refractivity contribution in [3.63, 3.8) is 0 Å². The van der Waals surface area contributed by atoms with Crippen LogP contribution in [-0.2, 0) is 19.3 Å². The number of halogens is 2. The number of carbonyl (C=O) groups is 2. The number of benzene rings is 4. The molecular weight excluding hydrogens is 505 g/mol. The Morgan fingerprint density at radius 3 is 1.41 bits per heavy atom. The van der Waals surface area contributed by atoms with Gasteiger partial charge >= 0.3 is 0 Å². The maximum Gasteiger partial charge on any atom is 0.240 e. The Bertz CT molecular complexity index is 1470. The molecule has 4 aromatic carbocycles. The van der Waals surface area contributed by atoms with Gasteiger partial charge in [-0.3, -0.25) is 9.59 Å². The fourth-order valence-corrected chi connectivity index (χ4v) is 7.43. The van der Waals surface area contributed by atoms with Crippen molar-refractivity contribution in [3.8, 4) is 11.5 Å². The zero-order valence-corrected chi connectivity index (χ0v) is 21.3. The summed E-state index contributed by atoms with van der Waals surface area (Å²) < 4.78 is 5.93. The molecule has 0 unspecified atom stereocenters. The van der Waals surface area contributed by atoms with Crippen molar-refractivity contribution in [2.45, 2.75) is 16.7 Å². The Kier molecular flexibility index (Phi) is 4.70. The lowest BCUT2D eigenvalue weighted by atomic mass is 9.54. The highest BCUT2D eigenvalue weighted by Gasteiger charge is 2.73. The van der Waals surface area contributed by atoms with Gasteiger partial charge < -0.3 is 4.74 Å². The summed E-state index contributed by atoms with van der Waals surface area (Å²) in [5.41, 5.74) is 4.76. The van der Waals surface area contributed by atoms with Crippen molar-refractivity contribution < 1.29 is 14.3 Å². The summed E-state index contributed by atoms with van der Waals surface area (Å²) in [6.45, 7) is 2.01. The number of imide groups is 1. The number of anilines is 1. The maximum atomic E-state index is 14.0. The lowest BCUT2D eigenvalue weighted by Gasteiger charge is -2.54. The molecule has 4 aliphatic rings. The van der Waals surface area contributed by atoms with Crippen molar-refractivity contribution in [1.29, 1.82) is 0 Å². The highest BCUT2D eigenvalue weighted by Crippen LogP contribution is 2.69. The molecule has 0 N–H and O–H groups in total. The summed E-state index contributed by atoms with van der Waals surface area (Å²) in [6.07, 6.45) is 0. The standard InChI is InChI=1S/C31H21Cl2NO3/c1-18-10-14-20(15-11-18)37-21-16-12-19(13-17-21)34-28(35)26-27(29(34)36)31(33)23-7-3-2-6-22(23)30(26,32)24-8-4-5-9-25(24)31/h2-17,26-27H,1H3/t26-,27+,30?,31?. The van der Waals surface area contributed by atoms with Gasteiger partial charge in [0, 0.05) is 0 Å². The third-order valence-corrected chi connectivity index (χ3v) is 9.22. The zero-order chi connectivity index (χ0) is 25.5. The van der Waals surface area contributed by atoms with E-state index in [1.165, 1.54) is 4.90 Å². The Labute approximate surface area is 224 Å². The van der Waals surface area contributed by atoms with E-state index >= 15 is 0 Å². The highest BCUT2D eigenvalue weighted by molar-refractivity contribution is 6.38. The third kappa shape index (κ3) is 2.86. The molecule has 2 bridgehead atoms. The van der Waals surface area contributed by atoms with Gasteiger partial charge in [-0.25, -0.2) is 4.90 Å². The molecule has 0 aromatic heterocycles. The average molecular weight is 526 g/mol. The van der Waals surface area contributed by atoms with Crippen molar-refractivity contribution in [1.82, 2.24) is 0 Å². The van der Waals surface area contributed by atoms with Crippen LogP contribution in [0.5, 0.6) is 11.5 Å². The van der Waals surface area contributed by atoms with E-state index in [-0.39, 0.29) is 11.8 Å². The molecule has 37 heavy (non-hydrogen) atoms. The number of alkyl halides is 2. The van der Waals surface area contributed by atoms with Crippen molar-refractivity contribution >= 4 is 40.7 Å². The van der Waals surface area contributed by atoms with Crippen LogP contribution in [0, 0.1) is 18.8 Å². The van der Waals surface area contributed by atoms with E-state index in [0.29, 0.717) is 17.2 Å². The maximum absolute atomic E-state index is 14.0. The molecule has 2 atom stereocenters. The van der Waals surface area contributed by atoms with Gasteiger partial charge in [0.2, 0.25) is 11.8 Å². The predicted octanol–water partition coefficient (Wildman–Crippen LogP) is 6.88. The minimum absolute atomic E-state index is 0.341. The van der Waals surface area contributed by atoms with E-state index in [2.05, 4.69) is 0 Å². The SMILES string of the molecule is Cc1ccc(Oc2ccc(N3C(=O)[C@@H]4[C@H](C3=O)C3(Cl)c5ccccc5C4(Cl)c4ccccc43)cc2)cc1. The van der Waals surface area contributed by atoms with Crippen LogP contribution >= 0.6 is 23.2 Å². The average Bonchev–Trinajstić information content (AvgIpc) is 3.20. The zero-order valence-electron chi connectivity index (χ0n) is 19.8. The van der Waals surface area contributed by atoms with Gasteiger partial charge in [-0.15, -0.1) is 23.2 Å². The van der Waals surface area contributed by atoms with Crippen LogP contribution in [0.4, 0.5) is 5.69 Å². The smallest absolute Gasteiger partial charge is 0.240 e. The molecule has 1 aliphatic heterocycles. The number of hydrogen-bond donors (Lipinski definition) is 0. The summed E-state index contributed by atoms with van der Waals surface area (Å²) in [7, 11) is 0. The number of ether oxygens (including phenoxy) is 1. The van der Waals surface area contributed by atoms with Gasteiger partial charge in [-0.2, -0.15) is 0 Å². The molecule has 0 saturated carbocycles. The number of nitrogens with zero attached hydrogens (tertiary/aromatic N) is 1. The lowest BCUT2D eigenvalue weighted by molar-refractivity contribution is -0.122. The first kappa shape index (κ1) is 22.6. The Morgan fingerprint density at radius 1 is 0.622 bits per heavy atom. The van der Waals surface area contributed by atoms with E-state index in [9.17, 15) is 9.59 Å². The molecular formula is C31H21Cl2NO3. The van der Waals surface area contributed by atoms with E-state index in [1.54, 1.807) is 24.3 Å². The van der Waals surface area contributed by atoms with Crippen LogP contribution in [0.2, 0.25) is 0 Å². The second kappa shape index (κ2) is 7.70. The quantitative estimate of drug-likeness (QED) is 0.216. The second-order valence-corrected chi connectivity index (χ2v) is 11.1. The van der Waals surface area contributed by atoms with E-state index in [4.69, 9.17) is 27.9 Å². The molecule has 4 aromatic rings. The first-order valence-corrected chi connectivity index (χ1v) is 12.9. The van der Waals surface area contributed by atoms with E-state index in [1.807, 2.05) is 79.7 Å². The third-order valence-electron chi connectivity index (χ3n) is 7.94. The normalized spacial score (nSPS) is 27.1. The molecule has 1 fully saturated rings. The molecule has 2 amide bonds. The molecule has 0 spiro atoms. The van der Waals surface area contributed by atoms with Gasteiger partial charge in [0.15, 0.2) is 0 Å². The van der Waals surface area contributed by atoms with Crippen LogP contribution in [0.15, 0.2) is 97.1 Å². The summed E-state index contributed by atoms with van der Waals surface area (Å²) in [5, 5.41) is 0. The minimum atomic E-state index is -1.19. The van der Waals surface area contributed by atoms with E-state index in [0.717, 1.165) is 27.8 Å². The first-order valence-electron chi connectivity index (χ1n) is 12.2. The number of amides is 2. The second-order valence-electron chi connectivity index (χ2n) is 9.89. The monoisotopic (exact) mass is 525 g/mol. The van der Waals surface area contributed by atoms with Gasteiger partial charge in [-0.1, -0.05) is 66.2 Å². The van der Waals surface area contributed by atoms with Gasteiger partial charge in [0.1, 0.15) is 21.2 Å². The van der Waals surface area contributed by atoms with Crippen molar-refractivity contribution in [2.24, 2.45) is 11.8 Å². The molecule has 6 heteroatoms. The number of rotatable bonds is 3. The first-order chi connectivity index (χ1) is 17.8. The fraction of sp³-hybridized carbons (Fsp3) is 0.161. The molecule has 3 aliphatic carbocycles. The summed E-state index contributed by atoms with van der Waals surface area (Å²) >= 11 is 15.0. The van der Waals surface area contributed by atoms with Gasteiger partial charge in [0.25, 0.3) is 0 Å². The topological polar surface area (TPSA) is 46.6 Å². The van der Waals surface area contributed by atoms with Crippen LogP contribution in [-0.4, -0.2) is 11.8 Å². The fourth-order valence-electron chi connectivity index (χ4n) is 6.33. The van der Waals surface area contributed by atoms with Gasteiger partial charge in [-0.05, 0) is 65.6 Å². The Hall–Kier alpha value is -3.60. The summed E-state index contributed by atoms with van der Waals surface area (Å²) in [5.74, 6) is -1.03. The van der Waals surface area contributed by atoms with Crippen molar-refractivity contribution in [2.75, 3.05) is 4.90 Å². The van der Waals surface area contributed by atoms with E-state index < -0.39 is 21.6 Å². The van der Waals surface area contributed by atoms with Crippen molar-refractivity contribution in [3.05, 3.63) is 125 Å². The van der Waals surface area contributed by atoms with Crippen LogP contribution in [0.1, 0.15) is 27.8 Å². The lowest BCUT2D eigenvalue weighted by Crippen LogP contribution is -2.57. The molecule has 8 rings (SSSR count). The molecule has 0 radical (unpaired) electrons. The number of carbonyl (C=O) groups excluding carboxylic acids is 2. The Morgan fingerprint density at radius 2 is 1.00 bits per heavy atom. The van der Waals surface area contributed by atoms with Crippen LogP contribution in [0.3, 0.4) is 0 Å². The molecule has 1 heterocycles. The molecule has 1 saturated heterocycles. The minimum Gasteiger partial charge on any atom is -0.457 e. The number of aryl methyl sites for hydroxylation is 1. The molecule has 182 valence electrons. The summed E-state index contributed by atoms with van der Waals surface area (Å²) in [4.78, 5) is 27.0. The number of hydrogen-bond acceptors (Lipinski definition) is 3. The Balaban J connectivity index is 1.31. The largest absolute Gasteiger partial charge is 0.457 e. The van der Waals surface area contributed by atoms with Gasteiger partial charge in [0.05, 0.1) is 17.5 Å². The summed E-state index contributed by atoms with van der Waals surface area (Å²) in [6, 6.07) is 30.0. The molecule has 4 nitrogen and oxygen atoms in total. The van der Waals surface area contributed by atoms with Crippen LogP contribution < -0.4 is 9.64 Å².